The average Bonchev–Trinajstić information content (AvgIpc) is 2.92. The number of rotatable bonds is 2. The van der Waals surface area contributed by atoms with E-state index < -0.39 is 60.0 Å². The van der Waals surface area contributed by atoms with Crippen LogP contribution in [-0.2, 0) is 28.5 Å². The van der Waals surface area contributed by atoms with Gasteiger partial charge < -0.3 is 29.6 Å². The molecule has 0 fully saturated rings. The highest BCUT2D eigenvalue weighted by Crippen LogP contribution is 2.14. The molecule has 2 aromatic rings. The highest BCUT2D eigenvalue weighted by Gasteiger charge is 2.34. The van der Waals surface area contributed by atoms with Crippen molar-refractivity contribution in [2.24, 2.45) is 0 Å². The Labute approximate surface area is 216 Å². The van der Waals surface area contributed by atoms with E-state index >= 15 is 0 Å². The molecular formula is C25H25N3O10. The Morgan fingerprint density at radius 1 is 0.737 bits per heavy atom. The van der Waals surface area contributed by atoms with Crippen molar-refractivity contribution in [3.63, 3.8) is 0 Å². The molecule has 0 spiro atoms. The lowest BCUT2D eigenvalue weighted by molar-refractivity contribution is -0.146. The second kappa shape index (κ2) is 12.0. The van der Waals surface area contributed by atoms with Crippen LogP contribution in [0.3, 0.4) is 0 Å². The molecule has 4 unspecified atom stereocenters. The number of hydrogen-bond donors (Lipinski definition) is 2. The van der Waals surface area contributed by atoms with Gasteiger partial charge >= 0.3 is 23.9 Å². The number of hydrogen-bond acceptors (Lipinski definition) is 11. The Bertz CT molecular complexity index is 1190. The summed E-state index contributed by atoms with van der Waals surface area (Å²) in [6.45, 7) is 2.73. The van der Waals surface area contributed by atoms with Gasteiger partial charge in [0.2, 0.25) is 0 Å². The number of nitrogens with one attached hydrogen (secondary N) is 2. The molecule has 1 aromatic heterocycles. The SMILES string of the molecule is COC(=O)C1NC(=O)c2cccc(n2)C(=O)NC(C(=O)OC)C(C)OC(=O)c2cccc(c2)C(=O)OC1C. The van der Waals surface area contributed by atoms with Gasteiger partial charge in [-0.3, -0.25) is 9.59 Å². The van der Waals surface area contributed by atoms with Crippen molar-refractivity contribution in [3.8, 4) is 0 Å². The second-order valence-corrected chi connectivity index (χ2v) is 8.16. The zero-order valence-corrected chi connectivity index (χ0v) is 20.9. The minimum atomic E-state index is -1.44. The summed E-state index contributed by atoms with van der Waals surface area (Å²) in [5.41, 5.74) is -0.620. The van der Waals surface area contributed by atoms with Crippen LogP contribution in [0, 0.1) is 0 Å². The van der Waals surface area contributed by atoms with Crippen LogP contribution < -0.4 is 10.6 Å². The van der Waals surface area contributed by atoms with Crippen LogP contribution in [0.25, 0.3) is 0 Å². The fraction of sp³-hybridized carbons (Fsp3) is 0.320. The highest BCUT2D eigenvalue weighted by atomic mass is 16.6. The maximum Gasteiger partial charge on any atom is 0.338 e. The van der Waals surface area contributed by atoms with Gasteiger partial charge in [-0.15, -0.1) is 0 Å². The normalized spacial score (nSPS) is 22.4. The molecule has 2 N–H and O–H groups in total. The molecule has 0 radical (unpaired) electrons. The van der Waals surface area contributed by atoms with Gasteiger partial charge in [0.05, 0.1) is 25.3 Å². The van der Waals surface area contributed by atoms with Crippen molar-refractivity contribution in [1.29, 1.82) is 0 Å². The Morgan fingerprint density at radius 2 is 1.13 bits per heavy atom. The number of cyclic esters (lactones) is 2. The van der Waals surface area contributed by atoms with Crippen molar-refractivity contribution in [1.82, 2.24) is 15.6 Å². The number of amides is 2. The number of nitrogens with zero attached hydrogens (tertiary/aromatic N) is 1. The smallest absolute Gasteiger partial charge is 0.338 e. The number of carbonyl (C=O) groups is 6. The van der Waals surface area contributed by atoms with Gasteiger partial charge in [0, 0.05) is 0 Å². The summed E-state index contributed by atoms with van der Waals surface area (Å²) in [7, 11) is 2.18. The predicted octanol–water partition coefficient (Wildman–Crippen LogP) is 0.429. The lowest BCUT2D eigenvalue weighted by Crippen LogP contribution is -2.50. The Balaban J connectivity index is 2.07. The number of benzene rings is 1. The van der Waals surface area contributed by atoms with Crippen molar-refractivity contribution in [2.45, 2.75) is 38.1 Å². The van der Waals surface area contributed by atoms with Crippen LogP contribution in [0.15, 0.2) is 42.5 Å². The molecule has 1 aromatic carbocycles. The molecule has 0 saturated carbocycles. The van der Waals surface area contributed by atoms with Gasteiger partial charge in [0.1, 0.15) is 23.6 Å². The number of fused-ring (bicyclic) bond motifs is 4. The molecule has 1 aliphatic rings. The van der Waals surface area contributed by atoms with Gasteiger partial charge in [0.15, 0.2) is 12.1 Å². The van der Waals surface area contributed by atoms with Crippen LogP contribution in [0.5, 0.6) is 0 Å². The first-order valence-electron chi connectivity index (χ1n) is 11.3. The van der Waals surface area contributed by atoms with E-state index in [1.165, 1.54) is 56.3 Å². The quantitative estimate of drug-likeness (QED) is 0.409. The van der Waals surface area contributed by atoms with Gasteiger partial charge in [-0.1, -0.05) is 12.1 Å². The molecule has 0 saturated heterocycles. The Kier molecular flexibility index (Phi) is 8.73. The number of ether oxygens (including phenoxy) is 4. The van der Waals surface area contributed by atoms with E-state index in [9.17, 15) is 28.8 Å². The molecule has 1 aliphatic heterocycles. The molecule has 4 atom stereocenters. The van der Waals surface area contributed by atoms with E-state index in [1.807, 2.05) is 0 Å². The Hall–Kier alpha value is -4.81. The van der Waals surface area contributed by atoms with E-state index in [1.54, 1.807) is 0 Å². The average molecular weight is 527 g/mol. The topological polar surface area (TPSA) is 176 Å². The molecule has 0 aliphatic carbocycles. The maximum absolute atomic E-state index is 12.9. The second-order valence-electron chi connectivity index (χ2n) is 8.16. The highest BCUT2D eigenvalue weighted by molar-refractivity contribution is 5.99. The van der Waals surface area contributed by atoms with E-state index in [4.69, 9.17) is 18.9 Å². The van der Waals surface area contributed by atoms with Gasteiger partial charge in [-0.2, -0.15) is 0 Å². The van der Waals surface area contributed by atoms with Crippen LogP contribution in [0.1, 0.15) is 55.5 Å². The number of aromatic nitrogens is 1. The molecule has 13 heteroatoms. The van der Waals surface area contributed by atoms with Crippen molar-refractivity contribution in [2.75, 3.05) is 14.2 Å². The van der Waals surface area contributed by atoms with E-state index in [2.05, 4.69) is 15.6 Å². The first-order valence-corrected chi connectivity index (χ1v) is 11.3. The molecule has 4 bridgehead atoms. The molecule has 2 amide bonds. The summed E-state index contributed by atoms with van der Waals surface area (Å²) < 4.78 is 20.2. The summed E-state index contributed by atoms with van der Waals surface area (Å²) in [6, 6.07) is 6.37. The Morgan fingerprint density at radius 3 is 1.53 bits per heavy atom. The van der Waals surface area contributed by atoms with Gasteiger partial charge in [-0.25, -0.2) is 24.2 Å². The zero-order valence-electron chi connectivity index (χ0n) is 20.9. The molecule has 38 heavy (non-hydrogen) atoms. The minimum Gasteiger partial charge on any atom is -0.467 e. The summed E-state index contributed by atoms with van der Waals surface area (Å²) in [5, 5.41) is 4.78. The van der Waals surface area contributed by atoms with E-state index in [0.29, 0.717) is 0 Å². The van der Waals surface area contributed by atoms with Crippen LogP contribution in [-0.4, -0.2) is 79.2 Å². The maximum atomic E-state index is 12.9. The minimum absolute atomic E-state index is 0.0535. The first kappa shape index (κ1) is 27.8. The van der Waals surface area contributed by atoms with Crippen LogP contribution in [0.2, 0.25) is 0 Å². The van der Waals surface area contributed by atoms with E-state index in [-0.39, 0.29) is 22.5 Å². The van der Waals surface area contributed by atoms with Crippen LogP contribution in [0.4, 0.5) is 0 Å². The zero-order chi connectivity index (χ0) is 28.0. The largest absolute Gasteiger partial charge is 0.467 e. The molecule has 200 valence electrons. The first-order chi connectivity index (χ1) is 18.0. The van der Waals surface area contributed by atoms with Crippen molar-refractivity contribution >= 4 is 35.7 Å². The molecule has 3 rings (SSSR count). The molecule has 2 heterocycles. The molecule has 13 nitrogen and oxygen atoms in total. The monoisotopic (exact) mass is 527 g/mol. The third-order valence-electron chi connectivity index (χ3n) is 5.56. The lowest BCUT2D eigenvalue weighted by Gasteiger charge is -2.24. The standard InChI is InChI=1S/C25H25N3O10/c1-12-18(24(33)35-3)27-20(29)16-9-6-10-17(26-16)21(30)28-19(25(34)36-4)13(2)38-23(32)15-8-5-7-14(11-15)22(31)37-12/h5-13,18-19H,1-4H3,(H,27,29)(H,28,30). The fourth-order valence-corrected chi connectivity index (χ4v) is 3.49. The summed E-state index contributed by atoms with van der Waals surface area (Å²) in [5.74, 6) is -5.35. The van der Waals surface area contributed by atoms with Crippen molar-refractivity contribution in [3.05, 3.63) is 65.0 Å². The predicted molar refractivity (Wildman–Crippen MR) is 127 cm³/mol. The number of pyridine rings is 1. The van der Waals surface area contributed by atoms with Crippen molar-refractivity contribution < 1.29 is 47.7 Å². The summed E-state index contributed by atoms with van der Waals surface area (Å²) >= 11 is 0. The third-order valence-corrected chi connectivity index (χ3v) is 5.56. The van der Waals surface area contributed by atoms with Crippen LogP contribution >= 0.6 is 0 Å². The van der Waals surface area contributed by atoms with Gasteiger partial charge in [0.25, 0.3) is 11.8 Å². The third kappa shape index (κ3) is 6.30. The lowest BCUT2D eigenvalue weighted by atomic mass is 10.1. The molecular weight excluding hydrogens is 502 g/mol. The summed E-state index contributed by atoms with van der Waals surface area (Å²) in [4.78, 5) is 80.2. The summed E-state index contributed by atoms with van der Waals surface area (Å²) in [6.07, 6.45) is -2.42. The number of esters is 4. The van der Waals surface area contributed by atoms with Gasteiger partial charge in [-0.05, 0) is 44.2 Å². The number of carbonyl (C=O) groups excluding carboxylic acids is 6. The fourth-order valence-electron chi connectivity index (χ4n) is 3.49. The van der Waals surface area contributed by atoms with E-state index in [0.717, 1.165) is 14.2 Å². The number of methoxy groups -OCH3 is 2.